The molecule has 2 fully saturated rings. The van der Waals surface area contributed by atoms with Crippen molar-refractivity contribution in [1.29, 1.82) is 0 Å². The maximum Gasteiger partial charge on any atom is 0.327 e. The highest BCUT2D eigenvalue weighted by atomic mass is 32.2. The van der Waals surface area contributed by atoms with E-state index in [-0.39, 0.29) is 24.0 Å². The Morgan fingerprint density at radius 2 is 1.33 bits per heavy atom. The van der Waals surface area contributed by atoms with Crippen molar-refractivity contribution in [3.63, 3.8) is 0 Å². The quantitative estimate of drug-likeness (QED) is 0.472. The molecule has 1 aromatic carbocycles. The van der Waals surface area contributed by atoms with Gasteiger partial charge >= 0.3 is 6.03 Å². The Bertz CT molecular complexity index is 932. The fraction of sp³-hybridized carbons (Fsp3) is 0.704. The number of carbonyl (C=O) groups excluding carboxylic acids is 2. The molecule has 2 saturated carbocycles. The monoisotopic (exact) mass is 520 g/mol. The molecule has 36 heavy (non-hydrogen) atoms. The normalized spacial score (nSPS) is 17.7. The summed E-state index contributed by atoms with van der Waals surface area (Å²) in [6.45, 7) is 6.84. The highest BCUT2D eigenvalue weighted by Crippen LogP contribution is 2.31. The van der Waals surface area contributed by atoms with Crippen LogP contribution in [0.3, 0.4) is 0 Å². The zero-order valence-electron chi connectivity index (χ0n) is 22.2. The van der Waals surface area contributed by atoms with Crippen LogP contribution in [0.1, 0.15) is 88.4 Å². The Labute approximate surface area is 217 Å². The van der Waals surface area contributed by atoms with Crippen LogP contribution in [0.2, 0.25) is 0 Å². The van der Waals surface area contributed by atoms with Crippen molar-refractivity contribution in [2.45, 2.75) is 90.1 Å². The van der Waals surface area contributed by atoms with Gasteiger partial charge in [-0.25, -0.2) is 13.2 Å². The number of likely N-dealkylation sites (N-methyl/N-ethyl adjacent to an activating group) is 1. The van der Waals surface area contributed by atoms with E-state index < -0.39 is 10.0 Å². The fourth-order valence-electron chi connectivity index (χ4n) is 5.58. The average molecular weight is 521 g/mol. The van der Waals surface area contributed by atoms with Crippen LogP contribution in [0.15, 0.2) is 24.3 Å². The van der Waals surface area contributed by atoms with Gasteiger partial charge < -0.3 is 9.80 Å². The molecule has 9 heteroatoms. The molecule has 2 aliphatic rings. The van der Waals surface area contributed by atoms with Crippen LogP contribution in [0, 0.1) is 0 Å². The molecule has 3 amide bonds. The van der Waals surface area contributed by atoms with Crippen LogP contribution in [-0.4, -0.2) is 79.6 Å². The van der Waals surface area contributed by atoms with Crippen molar-refractivity contribution in [1.82, 2.24) is 14.7 Å². The second-order valence-electron chi connectivity index (χ2n) is 10.2. The lowest BCUT2D eigenvalue weighted by Gasteiger charge is -2.43. The van der Waals surface area contributed by atoms with Crippen molar-refractivity contribution >= 4 is 27.6 Å². The molecule has 0 saturated heterocycles. The Balaban J connectivity index is 1.89. The third kappa shape index (κ3) is 7.93. The van der Waals surface area contributed by atoms with E-state index in [9.17, 15) is 18.0 Å². The first-order chi connectivity index (χ1) is 17.2. The molecular formula is C27H44N4O4S. The predicted octanol–water partition coefficient (Wildman–Crippen LogP) is 4.93. The van der Waals surface area contributed by atoms with Gasteiger partial charge in [-0.15, -0.1) is 0 Å². The summed E-state index contributed by atoms with van der Waals surface area (Å²) < 4.78 is 25.5. The molecule has 0 aromatic heterocycles. The summed E-state index contributed by atoms with van der Waals surface area (Å²) in [6, 6.07) is 6.56. The second kappa shape index (κ2) is 13.4. The van der Waals surface area contributed by atoms with Crippen molar-refractivity contribution < 1.29 is 18.0 Å². The molecule has 1 aromatic rings. The summed E-state index contributed by atoms with van der Waals surface area (Å²) in [4.78, 5) is 33.7. The number of anilines is 1. The van der Waals surface area contributed by atoms with Gasteiger partial charge in [0.25, 0.3) is 5.91 Å². The molecule has 0 spiro atoms. The Kier molecular flexibility index (Phi) is 10.6. The van der Waals surface area contributed by atoms with Gasteiger partial charge in [0.1, 0.15) is 0 Å². The number of hydrogen-bond donors (Lipinski definition) is 1. The minimum Gasteiger partial charge on any atom is -0.318 e. The van der Waals surface area contributed by atoms with E-state index >= 15 is 0 Å². The number of amides is 3. The zero-order chi connectivity index (χ0) is 26.1. The SMILES string of the molecule is CCN(CC)CCN(C(=O)c1ccc(NS(C)(=O)=O)cc1)C(=O)N(C1CCCCC1)C1CCCCC1. The third-order valence-electron chi connectivity index (χ3n) is 7.60. The number of imide groups is 1. The average Bonchev–Trinajstić information content (AvgIpc) is 2.87. The van der Waals surface area contributed by atoms with Crippen LogP contribution in [0.4, 0.5) is 10.5 Å². The number of sulfonamides is 1. The lowest BCUT2D eigenvalue weighted by Crippen LogP contribution is -2.56. The number of hydrogen-bond acceptors (Lipinski definition) is 5. The maximum atomic E-state index is 14.2. The van der Waals surface area contributed by atoms with Gasteiger partial charge in [0.2, 0.25) is 10.0 Å². The Hall–Kier alpha value is -2.13. The smallest absolute Gasteiger partial charge is 0.318 e. The minimum absolute atomic E-state index is 0.163. The van der Waals surface area contributed by atoms with E-state index in [4.69, 9.17) is 0 Å². The van der Waals surface area contributed by atoms with Crippen molar-refractivity contribution in [2.24, 2.45) is 0 Å². The molecule has 0 heterocycles. The highest BCUT2D eigenvalue weighted by molar-refractivity contribution is 7.92. The molecule has 0 bridgehead atoms. The Morgan fingerprint density at radius 1 is 0.833 bits per heavy atom. The number of urea groups is 1. The largest absolute Gasteiger partial charge is 0.327 e. The van der Waals surface area contributed by atoms with Gasteiger partial charge in [0.15, 0.2) is 0 Å². The van der Waals surface area contributed by atoms with Gasteiger partial charge in [0, 0.05) is 36.4 Å². The maximum absolute atomic E-state index is 14.2. The van der Waals surface area contributed by atoms with Gasteiger partial charge in [-0.2, -0.15) is 0 Å². The van der Waals surface area contributed by atoms with Crippen molar-refractivity contribution in [2.75, 3.05) is 37.2 Å². The molecule has 3 rings (SSSR count). The highest BCUT2D eigenvalue weighted by Gasteiger charge is 2.37. The number of nitrogens with one attached hydrogen (secondary N) is 1. The van der Waals surface area contributed by atoms with E-state index in [0.29, 0.717) is 24.3 Å². The van der Waals surface area contributed by atoms with Crippen molar-refractivity contribution in [3.8, 4) is 0 Å². The zero-order valence-corrected chi connectivity index (χ0v) is 23.1. The minimum atomic E-state index is -3.41. The predicted molar refractivity (Wildman–Crippen MR) is 145 cm³/mol. The number of nitrogens with zero attached hydrogens (tertiary/aromatic N) is 3. The summed E-state index contributed by atoms with van der Waals surface area (Å²) in [7, 11) is -3.41. The van der Waals surface area contributed by atoms with Gasteiger partial charge in [-0.1, -0.05) is 52.4 Å². The lowest BCUT2D eigenvalue weighted by molar-refractivity contribution is 0.0587. The molecule has 202 valence electrons. The molecule has 0 aliphatic heterocycles. The van der Waals surface area contributed by atoms with E-state index in [1.165, 1.54) is 17.7 Å². The molecular weight excluding hydrogens is 476 g/mol. The number of carbonyl (C=O) groups is 2. The van der Waals surface area contributed by atoms with Gasteiger partial charge in [-0.05, 0) is 63.0 Å². The first kappa shape index (κ1) is 28.4. The summed E-state index contributed by atoms with van der Waals surface area (Å²) in [5.74, 6) is -0.324. The molecule has 0 atom stereocenters. The lowest BCUT2D eigenvalue weighted by atomic mass is 9.89. The molecule has 2 aliphatic carbocycles. The summed E-state index contributed by atoms with van der Waals surface area (Å²) in [5.41, 5.74) is 0.773. The molecule has 0 radical (unpaired) electrons. The summed E-state index contributed by atoms with van der Waals surface area (Å²) in [5, 5.41) is 0. The van der Waals surface area contributed by atoms with Crippen LogP contribution >= 0.6 is 0 Å². The summed E-state index contributed by atoms with van der Waals surface area (Å²) in [6.07, 6.45) is 12.0. The van der Waals surface area contributed by atoms with E-state index in [1.54, 1.807) is 24.3 Å². The van der Waals surface area contributed by atoms with E-state index in [0.717, 1.165) is 70.7 Å². The van der Waals surface area contributed by atoms with Gasteiger partial charge in [-0.3, -0.25) is 14.4 Å². The number of benzene rings is 1. The van der Waals surface area contributed by atoms with Crippen molar-refractivity contribution in [3.05, 3.63) is 29.8 Å². The third-order valence-corrected chi connectivity index (χ3v) is 8.21. The van der Waals surface area contributed by atoms with E-state index in [1.807, 2.05) is 0 Å². The topological polar surface area (TPSA) is 90.0 Å². The van der Waals surface area contributed by atoms with E-state index in [2.05, 4.69) is 28.4 Å². The second-order valence-corrected chi connectivity index (χ2v) is 12.0. The standard InChI is InChI=1S/C27H44N4O4S/c1-4-29(5-2)20-21-30(26(32)22-16-18-23(19-17-22)28-36(3,34)35)27(33)31(24-12-8-6-9-13-24)25-14-10-7-11-15-25/h16-19,24-25,28H,4-15,20-21H2,1-3H3. The van der Waals surface area contributed by atoms with Crippen LogP contribution in [0.25, 0.3) is 0 Å². The first-order valence-electron chi connectivity index (χ1n) is 13.7. The van der Waals surface area contributed by atoms with Crippen LogP contribution in [-0.2, 0) is 10.0 Å². The first-order valence-corrected chi connectivity index (χ1v) is 15.6. The van der Waals surface area contributed by atoms with Gasteiger partial charge in [0.05, 0.1) is 6.26 Å². The van der Waals surface area contributed by atoms with Crippen LogP contribution < -0.4 is 4.72 Å². The number of rotatable bonds is 10. The molecule has 1 N–H and O–H groups in total. The molecule has 8 nitrogen and oxygen atoms in total. The van der Waals surface area contributed by atoms with Crippen LogP contribution in [0.5, 0.6) is 0 Å². The summed E-state index contributed by atoms with van der Waals surface area (Å²) >= 11 is 0. The molecule has 0 unspecified atom stereocenters. The fourth-order valence-corrected chi connectivity index (χ4v) is 6.15. The Morgan fingerprint density at radius 3 is 1.78 bits per heavy atom.